The molecule has 0 amide bonds. The van der Waals surface area contributed by atoms with Crippen LogP contribution in [0.1, 0.15) is 19.3 Å². The number of hydrogen-bond acceptors (Lipinski definition) is 5. The summed E-state index contributed by atoms with van der Waals surface area (Å²) in [6, 6.07) is 2.87. The lowest BCUT2D eigenvalue weighted by Gasteiger charge is -2.14. The molecule has 98 valence electrons. The van der Waals surface area contributed by atoms with Crippen molar-refractivity contribution in [3.8, 4) is 0 Å². The van der Waals surface area contributed by atoms with Gasteiger partial charge in [0.1, 0.15) is 5.82 Å². The smallest absolute Gasteiger partial charge is 0.274 e. The number of anilines is 1. The van der Waals surface area contributed by atoms with Crippen molar-refractivity contribution < 1.29 is 4.92 Å². The minimum atomic E-state index is -0.406. The molecule has 2 rings (SSSR count). The van der Waals surface area contributed by atoms with E-state index < -0.39 is 4.92 Å². The first kappa shape index (κ1) is 12.8. The summed E-state index contributed by atoms with van der Waals surface area (Å²) in [4.78, 5) is 16.7. The fourth-order valence-corrected chi connectivity index (χ4v) is 2.15. The summed E-state index contributed by atoms with van der Waals surface area (Å²) < 4.78 is 0. The lowest BCUT2D eigenvalue weighted by Crippen LogP contribution is -2.22. The van der Waals surface area contributed by atoms with Crippen LogP contribution >= 0.6 is 0 Å². The molecule has 2 heterocycles. The van der Waals surface area contributed by atoms with Crippen molar-refractivity contribution in [2.75, 3.05) is 31.5 Å². The number of nitrogens with zero attached hydrogens (tertiary/aromatic N) is 3. The Bertz CT molecular complexity index is 405. The molecule has 1 N–H and O–H groups in total. The molecule has 18 heavy (non-hydrogen) atoms. The molecule has 0 radical (unpaired) electrons. The molecule has 1 aliphatic rings. The third-order valence-electron chi connectivity index (χ3n) is 3.11. The van der Waals surface area contributed by atoms with Crippen molar-refractivity contribution in [1.82, 2.24) is 9.88 Å². The van der Waals surface area contributed by atoms with Crippen molar-refractivity contribution in [3.63, 3.8) is 0 Å². The largest absolute Gasteiger partial charge is 0.370 e. The van der Waals surface area contributed by atoms with Crippen molar-refractivity contribution in [2.24, 2.45) is 0 Å². The Labute approximate surface area is 106 Å². The molecular weight excluding hydrogens is 232 g/mol. The standard InChI is InChI=1S/C12H18N4O2/c17-16(18)11-4-6-14-12(10-11)13-5-3-9-15-7-1-2-8-15/h4,6,10H,1-3,5,7-9H2,(H,13,14). The van der Waals surface area contributed by atoms with Gasteiger partial charge in [0.2, 0.25) is 0 Å². The highest BCUT2D eigenvalue weighted by Gasteiger charge is 2.10. The minimum absolute atomic E-state index is 0.0760. The first-order valence-corrected chi connectivity index (χ1v) is 6.32. The van der Waals surface area contributed by atoms with Gasteiger partial charge in [0.05, 0.1) is 11.0 Å². The zero-order chi connectivity index (χ0) is 12.8. The molecule has 0 aromatic carbocycles. The Kier molecular flexibility index (Phi) is 4.46. The Balaban J connectivity index is 1.72. The molecule has 1 saturated heterocycles. The molecule has 0 saturated carbocycles. The topological polar surface area (TPSA) is 71.3 Å². The number of hydrogen-bond donors (Lipinski definition) is 1. The maximum absolute atomic E-state index is 10.6. The van der Waals surface area contributed by atoms with Gasteiger partial charge >= 0.3 is 0 Å². The van der Waals surface area contributed by atoms with Crippen LogP contribution in [0.2, 0.25) is 0 Å². The summed E-state index contributed by atoms with van der Waals surface area (Å²) in [5.74, 6) is 0.575. The summed E-state index contributed by atoms with van der Waals surface area (Å²) in [5.41, 5.74) is 0.0760. The molecule has 1 aromatic rings. The second-order valence-electron chi connectivity index (χ2n) is 4.49. The van der Waals surface area contributed by atoms with E-state index in [4.69, 9.17) is 0 Å². The summed E-state index contributed by atoms with van der Waals surface area (Å²) in [6.07, 6.45) is 5.10. The van der Waals surface area contributed by atoms with E-state index in [0.717, 1.165) is 19.5 Å². The third-order valence-corrected chi connectivity index (χ3v) is 3.11. The number of nitro groups is 1. The van der Waals surface area contributed by atoms with E-state index in [-0.39, 0.29) is 5.69 Å². The Morgan fingerprint density at radius 2 is 2.22 bits per heavy atom. The van der Waals surface area contributed by atoms with E-state index in [2.05, 4.69) is 15.2 Å². The molecule has 0 unspecified atom stereocenters. The SMILES string of the molecule is O=[N+]([O-])c1ccnc(NCCCN2CCCC2)c1. The first-order valence-electron chi connectivity index (χ1n) is 6.32. The van der Waals surface area contributed by atoms with Gasteiger partial charge in [-0.1, -0.05) is 0 Å². The van der Waals surface area contributed by atoms with Gasteiger partial charge in [0.25, 0.3) is 5.69 Å². The zero-order valence-corrected chi connectivity index (χ0v) is 10.3. The fraction of sp³-hybridized carbons (Fsp3) is 0.583. The molecule has 1 fully saturated rings. The molecule has 0 bridgehead atoms. The lowest BCUT2D eigenvalue weighted by molar-refractivity contribution is -0.384. The molecule has 0 atom stereocenters. The number of likely N-dealkylation sites (tertiary alicyclic amines) is 1. The molecule has 6 heteroatoms. The van der Waals surface area contributed by atoms with Gasteiger partial charge in [0.15, 0.2) is 0 Å². The van der Waals surface area contributed by atoms with Crippen LogP contribution in [0.4, 0.5) is 11.5 Å². The van der Waals surface area contributed by atoms with Crippen molar-refractivity contribution in [1.29, 1.82) is 0 Å². The van der Waals surface area contributed by atoms with Crippen molar-refractivity contribution >= 4 is 11.5 Å². The van der Waals surface area contributed by atoms with Gasteiger partial charge in [-0.2, -0.15) is 0 Å². The average molecular weight is 250 g/mol. The van der Waals surface area contributed by atoms with Gasteiger partial charge in [-0.05, 0) is 38.9 Å². The first-order chi connectivity index (χ1) is 8.75. The monoisotopic (exact) mass is 250 g/mol. The van der Waals surface area contributed by atoms with Crippen LogP contribution in [0.3, 0.4) is 0 Å². The lowest BCUT2D eigenvalue weighted by atomic mass is 10.3. The number of aromatic nitrogens is 1. The van der Waals surface area contributed by atoms with Crippen LogP contribution in [-0.2, 0) is 0 Å². The summed E-state index contributed by atoms with van der Waals surface area (Å²) >= 11 is 0. The Morgan fingerprint density at radius 3 is 2.94 bits per heavy atom. The van der Waals surface area contributed by atoms with Crippen molar-refractivity contribution in [3.05, 3.63) is 28.4 Å². The molecule has 1 aromatic heterocycles. The van der Waals surface area contributed by atoms with Gasteiger partial charge in [-0.15, -0.1) is 0 Å². The number of rotatable bonds is 6. The highest BCUT2D eigenvalue weighted by Crippen LogP contribution is 2.14. The van der Waals surface area contributed by atoms with Gasteiger partial charge in [-0.3, -0.25) is 10.1 Å². The quantitative estimate of drug-likeness (QED) is 0.474. The summed E-state index contributed by atoms with van der Waals surface area (Å²) in [5, 5.41) is 13.7. The molecule has 0 spiro atoms. The molecule has 6 nitrogen and oxygen atoms in total. The van der Waals surface area contributed by atoms with E-state index in [1.165, 1.54) is 44.3 Å². The number of pyridine rings is 1. The second-order valence-corrected chi connectivity index (χ2v) is 4.49. The van der Waals surface area contributed by atoms with E-state index >= 15 is 0 Å². The molecule has 1 aliphatic heterocycles. The highest BCUT2D eigenvalue weighted by molar-refractivity contribution is 5.43. The van der Waals surface area contributed by atoms with E-state index in [0.29, 0.717) is 5.82 Å². The summed E-state index contributed by atoms with van der Waals surface area (Å²) in [6.45, 7) is 4.29. The fourth-order valence-electron chi connectivity index (χ4n) is 2.15. The highest BCUT2D eigenvalue weighted by atomic mass is 16.6. The van der Waals surface area contributed by atoms with E-state index in [1.54, 1.807) is 0 Å². The second kappa shape index (κ2) is 6.30. The predicted octanol–water partition coefficient (Wildman–Crippen LogP) is 1.89. The Morgan fingerprint density at radius 1 is 1.44 bits per heavy atom. The molecular formula is C12H18N4O2. The van der Waals surface area contributed by atoms with Crippen LogP contribution in [0.25, 0.3) is 0 Å². The normalized spacial score (nSPS) is 15.8. The molecule has 0 aliphatic carbocycles. The van der Waals surface area contributed by atoms with Crippen LogP contribution < -0.4 is 5.32 Å². The minimum Gasteiger partial charge on any atom is -0.370 e. The third kappa shape index (κ3) is 3.66. The van der Waals surface area contributed by atoms with Gasteiger partial charge in [-0.25, -0.2) is 4.98 Å². The zero-order valence-electron chi connectivity index (χ0n) is 10.3. The van der Waals surface area contributed by atoms with Gasteiger partial charge in [0, 0.05) is 18.8 Å². The van der Waals surface area contributed by atoms with E-state index in [9.17, 15) is 10.1 Å². The maximum atomic E-state index is 10.6. The van der Waals surface area contributed by atoms with E-state index in [1.807, 2.05) is 0 Å². The van der Waals surface area contributed by atoms with Crippen LogP contribution in [-0.4, -0.2) is 41.0 Å². The van der Waals surface area contributed by atoms with Crippen LogP contribution in [0.5, 0.6) is 0 Å². The summed E-state index contributed by atoms with van der Waals surface area (Å²) in [7, 11) is 0. The predicted molar refractivity (Wildman–Crippen MR) is 69.7 cm³/mol. The van der Waals surface area contributed by atoms with Gasteiger partial charge < -0.3 is 10.2 Å². The van der Waals surface area contributed by atoms with Crippen LogP contribution in [0, 0.1) is 10.1 Å². The average Bonchev–Trinajstić information content (AvgIpc) is 2.88. The maximum Gasteiger partial charge on any atom is 0.274 e. The number of nitrogens with one attached hydrogen (secondary N) is 1. The Hall–Kier alpha value is -1.69. The van der Waals surface area contributed by atoms with Crippen molar-refractivity contribution in [2.45, 2.75) is 19.3 Å². The van der Waals surface area contributed by atoms with Crippen LogP contribution in [0.15, 0.2) is 18.3 Å².